The van der Waals surface area contributed by atoms with Gasteiger partial charge in [0.2, 0.25) is 23.6 Å². The molecule has 3 aromatic rings. The second-order valence-corrected chi connectivity index (χ2v) is 17.7. The third-order valence-corrected chi connectivity index (χ3v) is 11.2. The minimum Gasteiger partial charge on any atom is -0.497 e. The average Bonchev–Trinajstić information content (AvgIpc) is 3.39. The van der Waals surface area contributed by atoms with E-state index in [0.29, 0.717) is 92.5 Å². The lowest BCUT2D eigenvalue weighted by Gasteiger charge is -2.34. The first-order valence-corrected chi connectivity index (χ1v) is 25.1. The van der Waals surface area contributed by atoms with Gasteiger partial charge in [0, 0.05) is 88.1 Å². The standard InChI is InChI=1S/C51H70IN7O14/c1-68-40-16-10-37(11-17-40)48(65)56-28-5-25-53-44(61)22-31-71-34-51(59-47(64)9-4-8-43(52)60,35-72-32-23-45(62)54-26-6-29-57-49(66)38-12-18-41(69-2)19-13-38)36-73-33-24-46(63)55-27-7-30-58-50(67)39-14-20-42(70-3)21-15-39/h10-21H,4-9,22-36H2,1-3H3,(H,53,61)(H,54,62)(H,55,63)(H,56,65)(H,57,66)(H,58,67)(H,59,64). The van der Waals surface area contributed by atoms with Crippen LogP contribution in [0, 0.1) is 0 Å². The highest BCUT2D eigenvalue weighted by Gasteiger charge is 2.34. The largest absolute Gasteiger partial charge is 0.497 e. The lowest BCUT2D eigenvalue weighted by molar-refractivity contribution is -0.130. The number of rotatable bonds is 38. The number of carbonyl (C=O) groups excluding carboxylic acids is 8. The summed E-state index contributed by atoms with van der Waals surface area (Å²) in [4.78, 5) is 100. The minimum absolute atomic E-state index is 0.00532. The molecule has 0 spiro atoms. The van der Waals surface area contributed by atoms with E-state index in [2.05, 4.69) is 37.2 Å². The molecule has 73 heavy (non-hydrogen) atoms. The first kappa shape index (κ1) is 60.9. The molecule has 0 aliphatic heterocycles. The number of carbonyl (C=O) groups is 8. The first-order chi connectivity index (χ1) is 35.3. The molecular weight excluding hydrogens is 1060 g/mol. The molecule has 0 bridgehead atoms. The monoisotopic (exact) mass is 1130 g/mol. The van der Waals surface area contributed by atoms with Gasteiger partial charge < -0.3 is 65.6 Å². The third-order valence-electron chi connectivity index (χ3n) is 10.7. The maximum Gasteiger partial charge on any atom is 0.251 e. The van der Waals surface area contributed by atoms with Crippen molar-refractivity contribution in [3.8, 4) is 17.2 Å². The van der Waals surface area contributed by atoms with Gasteiger partial charge in [0.1, 0.15) is 22.8 Å². The molecule has 400 valence electrons. The molecule has 0 aromatic heterocycles. The van der Waals surface area contributed by atoms with Crippen molar-refractivity contribution >= 4 is 67.7 Å². The van der Waals surface area contributed by atoms with E-state index in [1.807, 2.05) is 0 Å². The number of ether oxygens (including phenoxy) is 6. The molecule has 0 fully saturated rings. The fourth-order valence-electron chi connectivity index (χ4n) is 6.63. The maximum absolute atomic E-state index is 13.3. The quantitative estimate of drug-likeness (QED) is 0.0247. The van der Waals surface area contributed by atoms with Crippen molar-refractivity contribution in [2.75, 3.05) is 100 Å². The second-order valence-electron chi connectivity index (χ2n) is 16.5. The number of hydrogen-bond acceptors (Lipinski definition) is 14. The van der Waals surface area contributed by atoms with Crippen molar-refractivity contribution < 1.29 is 66.8 Å². The molecule has 3 aromatic carbocycles. The number of nitrogens with one attached hydrogen (secondary N) is 7. The van der Waals surface area contributed by atoms with Gasteiger partial charge in [0.15, 0.2) is 3.79 Å². The van der Waals surface area contributed by atoms with Crippen molar-refractivity contribution in [1.82, 2.24) is 37.2 Å². The molecule has 7 amide bonds. The van der Waals surface area contributed by atoms with Gasteiger partial charge >= 0.3 is 0 Å². The van der Waals surface area contributed by atoms with Crippen LogP contribution in [0.5, 0.6) is 17.2 Å². The van der Waals surface area contributed by atoms with Crippen LogP contribution in [0.3, 0.4) is 0 Å². The van der Waals surface area contributed by atoms with Gasteiger partial charge in [-0.2, -0.15) is 0 Å². The summed E-state index contributed by atoms with van der Waals surface area (Å²) in [5.74, 6) is -0.180. The molecule has 7 N–H and O–H groups in total. The Bertz CT molecular complexity index is 1970. The zero-order valence-electron chi connectivity index (χ0n) is 41.9. The molecule has 0 radical (unpaired) electrons. The molecule has 22 heteroatoms. The summed E-state index contributed by atoms with van der Waals surface area (Å²) in [6, 6.07) is 20.1. The Morgan fingerprint density at radius 3 is 0.986 bits per heavy atom. The molecule has 0 saturated heterocycles. The highest BCUT2D eigenvalue weighted by Crippen LogP contribution is 2.15. The lowest BCUT2D eigenvalue weighted by atomic mass is 10.0. The van der Waals surface area contributed by atoms with Crippen molar-refractivity contribution in [3.63, 3.8) is 0 Å². The third kappa shape index (κ3) is 26.2. The van der Waals surface area contributed by atoms with Gasteiger partial charge in [-0.1, -0.05) is 0 Å². The number of hydrogen-bond donors (Lipinski definition) is 7. The van der Waals surface area contributed by atoms with Gasteiger partial charge in [-0.05, 0) is 121 Å². The number of methoxy groups -OCH3 is 3. The lowest BCUT2D eigenvalue weighted by Crippen LogP contribution is -2.58. The van der Waals surface area contributed by atoms with E-state index in [1.165, 1.54) is 0 Å². The van der Waals surface area contributed by atoms with Crippen LogP contribution in [0.4, 0.5) is 0 Å². The zero-order chi connectivity index (χ0) is 53.1. The van der Waals surface area contributed by atoms with Crippen LogP contribution in [0.15, 0.2) is 72.8 Å². The van der Waals surface area contributed by atoms with E-state index in [0.717, 1.165) is 0 Å². The van der Waals surface area contributed by atoms with E-state index in [4.69, 9.17) is 28.4 Å². The Hall–Kier alpha value is -6.37. The van der Waals surface area contributed by atoms with Crippen LogP contribution in [0.2, 0.25) is 0 Å². The molecule has 0 aliphatic rings. The topological polar surface area (TPSA) is 276 Å². The normalized spacial score (nSPS) is 10.8. The molecule has 0 saturated carbocycles. The van der Waals surface area contributed by atoms with E-state index in [9.17, 15) is 38.4 Å². The van der Waals surface area contributed by atoms with Gasteiger partial charge in [0.05, 0.1) is 61.0 Å². The predicted molar refractivity (Wildman–Crippen MR) is 279 cm³/mol. The van der Waals surface area contributed by atoms with Crippen molar-refractivity contribution in [3.05, 3.63) is 89.5 Å². The van der Waals surface area contributed by atoms with Crippen LogP contribution >= 0.6 is 22.6 Å². The van der Waals surface area contributed by atoms with Crippen LogP contribution in [0.1, 0.15) is 88.9 Å². The molecule has 0 heterocycles. The summed E-state index contributed by atoms with van der Waals surface area (Å²) in [7, 11) is 4.62. The molecule has 0 unspecified atom stereocenters. The Labute approximate surface area is 440 Å². The van der Waals surface area contributed by atoms with Crippen LogP contribution in [0.25, 0.3) is 0 Å². The summed E-state index contributed by atoms with van der Waals surface area (Å²) in [5, 5.41) is 19.8. The number of amides is 7. The van der Waals surface area contributed by atoms with E-state index in [-0.39, 0.29) is 117 Å². The Kier molecular flexibility index (Phi) is 29.8. The summed E-state index contributed by atoms with van der Waals surface area (Å²) >= 11 is 1.67. The van der Waals surface area contributed by atoms with E-state index < -0.39 is 11.4 Å². The second kappa shape index (κ2) is 35.7. The summed E-state index contributed by atoms with van der Waals surface area (Å²) in [5.41, 5.74) is 0.0886. The van der Waals surface area contributed by atoms with Gasteiger partial charge in [-0.3, -0.25) is 38.4 Å². The predicted octanol–water partition coefficient (Wildman–Crippen LogP) is 3.03. The molecule has 0 aliphatic carbocycles. The summed E-state index contributed by atoms with van der Waals surface area (Å²) in [6.45, 7) is 1.19. The fraction of sp³-hybridized carbons (Fsp3) is 0.490. The Morgan fingerprint density at radius 2 is 0.699 bits per heavy atom. The van der Waals surface area contributed by atoms with E-state index >= 15 is 0 Å². The van der Waals surface area contributed by atoms with Crippen molar-refractivity contribution in [2.24, 2.45) is 0 Å². The van der Waals surface area contributed by atoms with E-state index in [1.54, 1.807) is 117 Å². The highest BCUT2D eigenvalue weighted by molar-refractivity contribution is 14.1. The Balaban J connectivity index is 1.52. The molecule has 0 atom stereocenters. The average molecular weight is 1130 g/mol. The smallest absolute Gasteiger partial charge is 0.251 e. The zero-order valence-corrected chi connectivity index (χ0v) is 44.0. The van der Waals surface area contributed by atoms with Gasteiger partial charge in [0.25, 0.3) is 17.7 Å². The van der Waals surface area contributed by atoms with Crippen LogP contribution in [-0.2, 0) is 38.2 Å². The fourth-order valence-corrected chi connectivity index (χ4v) is 7.01. The number of halogens is 1. The molecule has 3 rings (SSSR count). The first-order valence-electron chi connectivity index (χ1n) is 24.1. The maximum atomic E-state index is 13.3. The van der Waals surface area contributed by atoms with Gasteiger partial charge in [-0.15, -0.1) is 0 Å². The van der Waals surface area contributed by atoms with Crippen LogP contribution < -0.4 is 51.4 Å². The highest BCUT2D eigenvalue weighted by atomic mass is 127. The summed E-state index contributed by atoms with van der Waals surface area (Å²) in [6.07, 6.45) is 1.82. The van der Waals surface area contributed by atoms with Gasteiger partial charge in [-0.25, -0.2) is 0 Å². The van der Waals surface area contributed by atoms with Crippen molar-refractivity contribution in [1.29, 1.82) is 0 Å². The number of benzene rings is 3. The van der Waals surface area contributed by atoms with Crippen molar-refractivity contribution in [2.45, 2.75) is 63.3 Å². The Morgan fingerprint density at radius 1 is 0.397 bits per heavy atom. The molecular formula is C51H70IN7O14. The minimum atomic E-state index is -1.35. The summed E-state index contributed by atoms with van der Waals surface area (Å²) < 4.78 is 33.2. The SMILES string of the molecule is COc1ccc(C(=O)NCCCNC(=O)CCOCC(COCCC(=O)NCCCNC(=O)c2ccc(OC)cc2)(COCCC(=O)NCCCNC(=O)c2ccc(OC)cc2)NC(=O)CCCC(=O)I)cc1. The molecule has 21 nitrogen and oxygen atoms in total. The van der Waals surface area contributed by atoms with Crippen LogP contribution in [-0.4, -0.2) is 151 Å².